The van der Waals surface area contributed by atoms with Crippen LogP contribution in [0.4, 0.5) is 0 Å². The van der Waals surface area contributed by atoms with E-state index in [9.17, 15) is 0 Å². The Morgan fingerprint density at radius 1 is 1.00 bits per heavy atom. The van der Waals surface area contributed by atoms with Crippen molar-refractivity contribution in [2.24, 2.45) is 0 Å². The second-order valence-corrected chi connectivity index (χ2v) is 3.95. The van der Waals surface area contributed by atoms with Crippen LogP contribution in [0.1, 0.15) is 51.9 Å². The Kier molecular flexibility index (Phi) is 6.21. The maximum atomic E-state index is 3.17. The summed E-state index contributed by atoms with van der Waals surface area (Å²) in [5.74, 6) is 0. The Hall–Kier alpha value is -0.720. The first-order valence-corrected chi connectivity index (χ1v) is 5.96. The lowest BCUT2D eigenvalue weighted by Gasteiger charge is -2.02. The van der Waals surface area contributed by atoms with Gasteiger partial charge in [-0.3, -0.25) is 0 Å². The maximum Gasteiger partial charge on any atom is 0.0647 e. The molecular formula is C13H22N. The summed E-state index contributed by atoms with van der Waals surface area (Å²) in [6.07, 6.45) is 14.9. The minimum atomic E-state index is 1.14. The van der Waals surface area contributed by atoms with Crippen molar-refractivity contribution in [3.63, 3.8) is 0 Å². The Bertz CT molecular complexity index is 201. The van der Waals surface area contributed by atoms with E-state index in [0.29, 0.717) is 0 Å². The fraction of sp³-hybridized carbons (Fsp3) is 0.692. The molecule has 1 aromatic rings. The summed E-state index contributed by atoms with van der Waals surface area (Å²) in [6.45, 7) is 3.41. The van der Waals surface area contributed by atoms with Gasteiger partial charge in [0.05, 0.1) is 6.20 Å². The van der Waals surface area contributed by atoms with Crippen molar-refractivity contribution >= 4 is 0 Å². The van der Waals surface area contributed by atoms with E-state index in [0.717, 1.165) is 6.54 Å². The molecule has 1 nitrogen and oxygen atoms in total. The molecule has 14 heavy (non-hydrogen) atoms. The van der Waals surface area contributed by atoms with E-state index in [-0.39, 0.29) is 0 Å². The quantitative estimate of drug-likeness (QED) is 0.548. The second-order valence-electron chi connectivity index (χ2n) is 3.95. The van der Waals surface area contributed by atoms with E-state index in [1.165, 1.54) is 44.9 Å². The number of hydrogen-bond acceptors (Lipinski definition) is 0. The molecule has 0 aromatic carbocycles. The predicted octanol–water partition coefficient (Wildman–Crippen LogP) is 4.04. The largest absolute Gasteiger partial charge is 0.346 e. The van der Waals surface area contributed by atoms with Crippen LogP contribution in [-0.2, 0) is 6.54 Å². The molecule has 0 N–H and O–H groups in total. The van der Waals surface area contributed by atoms with Gasteiger partial charge in [-0.2, -0.15) is 0 Å². The molecule has 0 atom stereocenters. The fourth-order valence-electron chi connectivity index (χ4n) is 1.71. The number of rotatable bonds is 8. The minimum absolute atomic E-state index is 1.14. The number of nitrogens with zero attached hydrogens (tertiary/aromatic N) is 1. The van der Waals surface area contributed by atoms with Crippen molar-refractivity contribution in [3.8, 4) is 0 Å². The third kappa shape index (κ3) is 5.11. The third-order valence-electron chi connectivity index (χ3n) is 2.61. The Morgan fingerprint density at radius 3 is 2.36 bits per heavy atom. The van der Waals surface area contributed by atoms with Gasteiger partial charge in [-0.1, -0.05) is 45.4 Å². The molecule has 0 aliphatic heterocycles. The molecule has 0 saturated carbocycles. The van der Waals surface area contributed by atoms with Crippen molar-refractivity contribution in [2.45, 2.75) is 58.4 Å². The Balaban J connectivity index is 1.85. The number of aryl methyl sites for hydroxylation is 1. The van der Waals surface area contributed by atoms with Crippen molar-refractivity contribution in [1.82, 2.24) is 4.57 Å². The highest BCUT2D eigenvalue weighted by Crippen LogP contribution is 2.07. The summed E-state index contributed by atoms with van der Waals surface area (Å²) in [6, 6.07) is 4.02. The van der Waals surface area contributed by atoms with Gasteiger partial charge in [0, 0.05) is 12.7 Å². The van der Waals surface area contributed by atoms with Gasteiger partial charge < -0.3 is 4.57 Å². The van der Waals surface area contributed by atoms with Gasteiger partial charge >= 0.3 is 0 Å². The van der Waals surface area contributed by atoms with E-state index in [4.69, 9.17) is 0 Å². The first kappa shape index (κ1) is 11.4. The van der Waals surface area contributed by atoms with Gasteiger partial charge in [0.25, 0.3) is 0 Å². The SMILES string of the molecule is CCCCCCCCCn1[c]ccc1. The minimum Gasteiger partial charge on any atom is -0.346 e. The summed E-state index contributed by atoms with van der Waals surface area (Å²) in [5, 5.41) is 0. The fourth-order valence-corrected chi connectivity index (χ4v) is 1.71. The summed E-state index contributed by atoms with van der Waals surface area (Å²) < 4.78 is 2.14. The van der Waals surface area contributed by atoms with Gasteiger partial charge in [0.2, 0.25) is 0 Å². The van der Waals surface area contributed by atoms with Crippen molar-refractivity contribution in [3.05, 3.63) is 24.5 Å². The zero-order chi connectivity index (χ0) is 10.1. The average Bonchev–Trinajstić information content (AvgIpc) is 2.69. The topological polar surface area (TPSA) is 4.93 Å². The van der Waals surface area contributed by atoms with Crippen LogP contribution >= 0.6 is 0 Å². The van der Waals surface area contributed by atoms with Gasteiger partial charge in [-0.05, 0) is 18.6 Å². The zero-order valence-electron chi connectivity index (χ0n) is 9.34. The first-order valence-electron chi connectivity index (χ1n) is 5.96. The number of aromatic nitrogens is 1. The molecule has 0 bridgehead atoms. The molecule has 1 aromatic heterocycles. The molecular weight excluding hydrogens is 170 g/mol. The van der Waals surface area contributed by atoms with Crippen LogP contribution in [0.15, 0.2) is 18.3 Å². The van der Waals surface area contributed by atoms with Crippen molar-refractivity contribution < 1.29 is 0 Å². The van der Waals surface area contributed by atoms with Crippen molar-refractivity contribution in [1.29, 1.82) is 0 Å². The molecule has 1 rings (SSSR count). The lowest BCUT2D eigenvalue weighted by atomic mass is 10.1. The molecule has 0 spiro atoms. The predicted molar refractivity (Wildman–Crippen MR) is 61.3 cm³/mol. The van der Waals surface area contributed by atoms with Crippen LogP contribution < -0.4 is 0 Å². The van der Waals surface area contributed by atoms with Crippen LogP contribution in [0.25, 0.3) is 0 Å². The summed E-state index contributed by atoms with van der Waals surface area (Å²) in [4.78, 5) is 0. The average molecular weight is 192 g/mol. The lowest BCUT2D eigenvalue weighted by Crippen LogP contribution is -1.94. The van der Waals surface area contributed by atoms with Crippen LogP contribution in [0.5, 0.6) is 0 Å². The smallest absolute Gasteiger partial charge is 0.0647 e. The van der Waals surface area contributed by atoms with E-state index in [1.54, 1.807) is 0 Å². The molecule has 79 valence electrons. The highest BCUT2D eigenvalue weighted by molar-refractivity contribution is 4.88. The Morgan fingerprint density at radius 2 is 1.71 bits per heavy atom. The zero-order valence-corrected chi connectivity index (χ0v) is 9.34. The molecule has 0 amide bonds. The standard InChI is InChI=1S/C13H22N/c1-2-3-4-5-6-7-8-11-14-12-9-10-13-14/h9-10,12H,2-8,11H2,1H3. The first-order chi connectivity index (χ1) is 6.93. The lowest BCUT2D eigenvalue weighted by molar-refractivity contribution is 0.550. The molecule has 1 heteroatoms. The maximum absolute atomic E-state index is 3.17. The monoisotopic (exact) mass is 192 g/mol. The third-order valence-corrected chi connectivity index (χ3v) is 2.61. The van der Waals surface area contributed by atoms with Gasteiger partial charge in [-0.15, -0.1) is 0 Å². The van der Waals surface area contributed by atoms with Crippen molar-refractivity contribution in [2.75, 3.05) is 0 Å². The molecule has 1 radical (unpaired) electrons. The molecule has 1 heterocycles. The molecule has 0 aliphatic carbocycles. The van der Waals surface area contributed by atoms with Crippen LogP contribution in [0.2, 0.25) is 0 Å². The van der Waals surface area contributed by atoms with Crippen LogP contribution in [-0.4, -0.2) is 4.57 Å². The summed E-state index contributed by atoms with van der Waals surface area (Å²) >= 11 is 0. The van der Waals surface area contributed by atoms with E-state index in [1.807, 2.05) is 12.1 Å². The van der Waals surface area contributed by atoms with E-state index >= 15 is 0 Å². The molecule has 0 fully saturated rings. The van der Waals surface area contributed by atoms with Gasteiger partial charge in [-0.25, -0.2) is 0 Å². The van der Waals surface area contributed by atoms with Gasteiger partial charge in [0.1, 0.15) is 0 Å². The van der Waals surface area contributed by atoms with Crippen LogP contribution in [0, 0.1) is 6.20 Å². The van der Waals surface area contributed by atoms with Gasteiger partial charge in [0.15, 0.2) is 0 Å². The number of unbranched alkanes of at least 4 members (excludes halogenated alkanes) is 6. The van der Waals surface area contributed by atoms with Crippen LogP contribution in [0.3, 0.4) is 0 Å². The van der Waals surface area contributed by atoms with E-state index in [2.05, 4.69) is 23.9 Å². The van der Waals surface area contributed by atoms with E-state index < -0.39 is 0 Å². The molecule has 0 aliphatic rings. The normalized spacial score (nSPS) is 10.6. The molecule has 0 saturated heterocycles. The Labute approximate surface area is 88.1 Å². The summed E-state index contributed by atoms with van der Waals surface area (Å²) in [7, 11) is 0. The highest BCUT2D eigenvalue weighted by Gasteiger charge is 1.91. The number of hydrogen-bond donors (Lipinski definition) is 0. The summed E-state index contributed by atoms with van der Waals surface area (Å²) in [5.41, 5.74) is 0. The highest BCUT2D eigenvalue weighted by atomic mass is 14.9. The molecule has 0 unspecified atom stereocenters. The second kappa shape index (κ2) is 7.66.